The molecule has 1 aromatic heterocycles. The molecule has 0 unspecified atom stereocenters. The molecule has 0 spiro atoms. The Morgan fingerprint density at radius 1 is 1.12 bits per heavy atom. The van der Waals surface area contributed by atoms with Gasteiger partial charge in [0, 0.05) is 24.0 Å². The number of aromatic nitrogens is 2. The molecule has 0 amide bonds. The van der Waals surface area contributed by atoms with E-state index >= 15 is 0 Å². The average molecular weight is 340 g/mol. The molecule has 3 rings (SSSR count). The summed E-state index contributed by atoms with van der Waals surface area (Å²) < 4.78 is 1.56. The zero-order valence-corrected chi connectivity index (χ0v) is 14.3. The molecule has 0 aliphatic carbocycles. The number of nitrogens with one attached hydrogen (secondary N) is 1. The number of benzene rings is 2. The lowest BCUT2D eigenvalue weighted by Gasteiger charge is -2.12. The van der Waals surface area contributed by atoms with Crippen molar-refractivity contribution in [2.45, 2.75) is 20.4 Å². The van der Waals surface area contributed by atoms with E-state index in [0.29, 0.717) is 17.4 Å². The molecule has 2 aromatic carbocycles. The van der Waals surface area contributed by atoms with E-state index in [4.69, 9.17) is 11.6 Å². The summed E-state index contributed by atoms with van der Waals surface area (Å²) >= 11 is 6.16. The first-order valence-electron chi connectivity index (χ1n) is 7.69. The third kappa shape index (κ3) is 3.34. The first-order chi connectivity index (χ1) is 11.6. The lowest BCUT2D eigenvalue weighted by atomic mass is 10.1. The van der Waals surface area contributed by atoms with E-state index in [0.717, 1.165) is 16.8 Å². The van der Waals surface area contributed by atoms with Crippen molar-refractivity contribution in [3.8, 4) is 5.69 Å². The normalized spacial score (nSPS) is 10.6. The van der Waals surface area contributed by atoms with Crippen LogP contribution in [0, 0.1) is 13.8 Å². The van der Waals surface area contributed by atoms with E-state index in [1.165, 1.54) is 5.56 Å². The summed E-state index contributed by atoms with van der Waals surface area (Å²) in [6, 6.07) is 13.7. The molecule has 0 bridgehead atoms. The summed E-state index contributed by atoms with van der Waals surface area (Å²) in [6.07, 6.45) is 3.26. The molecule has 3 aromatic rings. The van der Waals surface area contributed by atoms with Crippen LogP contribution in [0.25, 0.3) is 5.69 Å². The van der Waals surface area contributed by atoms with Gasteiger partial charge in [-0.3, -0.25) is 9.36 Å². The Labute approximate surface area is 145 Å². The van der Waals surface area contributed by atoms with Crippen LogP contribution in [0.4, 0.5) is 5.82 Å². The highest BCUT2D eigenvalue weighted by Crippen LogP contribution is 2.21. The van der Waals surface area contributed by atoms with E-state index < -0.39 is 0 Å². The van der Waals surface area contributed by atoms with Gasteiger partial charge < -0.3 is 5.32 Å². The van der Waals surface area contributed by atoms with Crippen LogP contribution in [0.5, 0.6) is 0 Å². The van der Waals surface area contributed by atoms with Gasteiger partial charge in [0.2, 0.25) is 0 Å². The van der Waals surface area contributed by atoms with Crippen LogP contribution in [-0.4, -0.2) is 9.55 Å². The summed E-state index contributed by atoms with van der Waals surface area (Å²) in [5, 5.41) is 3.75. The van der Waals surface area contributed by atoms with Crippen LogP contribution in [-0.2, 0) is 6.54 Å². The van der Waals surface area contributed by atoms with Gasteiger partial charge in [-0.15, -0.1) is 0 Å². The largest absolute Gasteiger partial charge is 0.361 e. The van der Waals surface area contributed by atoms with Crippen LogP contribution in [0.3, 0.4) is 0 Å². The number of aryl methyl sites for hydroxylation is 1. The van der Waals surface area contributed by atoms with Crippen molar-refractivity contribution in [3.05, 3.63) is 86.9 Å². The van der Waals surface area contributed by atoms with Crippen LogP contribution in [0.1, 0.15) is 16.7 Å². The number of rotatable bonds is 4. The van der Waals surface area contributed by atoms with Crippen LogP contribution in [0.2, 0.25) is 5.02 Å². The molecule has 1 heterocycles. The number of hydrogen-bond donors (Lipinski definition) is 1. The monoisotopic (exact) mass is 339 g/mol. The minimum absolute atomic E-state index is 0.199. The van der Waals surface area contributed by atoms with Gasteiger partial charge in [0.1, 0.15) is 0 Å². The maximum absolute atomic E-state index is 12.7. The topological polar surface area (TPSA) is 46.9 Å². The van der Waals surface area contributed by atoms with Gasteiger partial charge in [0.15, 0.2) is 5.82 Å². The average Bonchev–Trinajstić information content (AvgIpc) is 2.58. The molecule has 0 radical (unpaired) electrons. The van der Waals surface area contributed by atoms with E-state index in [9.17, 15) is 4.79 Å². The van der Waals surface area contributed by atoms with Gasteiger partial charge in [-0.1, -0.05) is 47.5 Å². The zero-order valence-electron chi connectivity index (χ0n) is 13.6. The summed E-state index contributed by atoms with van der Waals surface area (Å²) in [5.41, 5.74) is 3.71. The molecule has 24 heavy (non-hydrogen) atoms. The van der Waals surface area contributed by atoms with Crippen molar-refractivity contribution in [2.24, 2.45) is 0 Å². The van der Waals surface area contributed by atoms with E-state index in [1.807, 2.05) is 56.3 Å². The van der Waals surface area contributed by atoms with Gasteiger partial charge in [-0.25, -0.2) is 4.98 Å². The number of anilines is 1. The summed E-state index contributed by atoms with van der Waals surface area (Å²) in [4.78, 5) is 16.9. The molecular weight excluding hydrogens is 322 g/mol. The second-order valence-electron chi connectivity index (χ2n) is 5.67. The molecule has 0 fully saturated rings. The smallest absolute Gasteiger partial charge is 0.297 e. The first-order valence-corrected chi connectivity index (χ1v) is 8.06. The highest BCUT2D eigenvalue weighted by Gasteiger charge is 2.09. The Morgan fingerprint density at radius 3 is 2.62 bits per heavy atom. The fourth-order valence-corrected chi connectivity index (χ4v) is 2.64. The number of halogens is 1. The fraction of sp³-hybridized carbons (Fsp3) is 0.158. The van der Waals surface area contributed by atoms with Gasteiger partial charge in [0.05, 0.1) is 5.69 Å². The minimum Gasteiger partial charge on any atom is -0.361 e. The highest BCUT2D eigenvalue weighted by atomic mass is 35.5. The van der Waals surface area contributed by atoms with Crippen molar-refractivity contribution in [1.29, 1.82) is 0 Å². The lowest BCUT2D eigenvalue weighted by Crippen LogP contribution is -2.23. The number of nitrogens with zero attached hydrogens (tertiary/aromatic N) is 2. The predicted octanol–water partition coefficient (Wildman–Crippen LogP) is 4.11. The Hall–Kier alpha value is -2.59. The van der Waals surface area contributed by atoms with E-state index in [2.05, 4.69) is 10.3 Å². The molecule has 0 saturated carbocycles. The van der Waals surface area contributed by atoms with Gasteiger partial charge in [-0.05, 0) is 37.1 Å². The van der Waals surface area contributed by atoms with Gasteiger partial charge in [-0.2, -0.15) is 0 Å². The summed E-state index contributed by atoms with van der Waals surface area (Å²) in [7, 11) is 0. The first kappa shape index (κ1) is 16.3. The molecule has 5 heteroatoms. The Kier molecular flexibility index (Phi) is 4.67. The second kappa shape index (κ2) is 6.89. The molecule has 0 aliphatic heterocycles. The Bertz CT molecular complexity index is 917. The predicted molar refractivity (Wildman–Crippen MR) is 98.1 cm³/mol. The quantitative estimate of drug-likeness (QED) is 0.778. The third-order valence-corrected chi connectivity index (χ3v) is 4.33. The SMILES string of the molecule is Cc1ccc(CNc2nccn(-c3cccc(Cl)c3C)c2=O)cc1. The standard InChI is InChI=1S/C19H18ClN3O/c1-13-6-8-15(9-7-13)12-22-18-19(24)23(11-10-21-18)17-5-3-4-16(20)14(17)2/h3-11H,12H2,1-2H3,(H,21,22). The van der Waals surface area contributed by atoms with Crippen molar-refractivity contribution in [2.75, 3.05) is 5.32 Å². The Morgan fingerprint density at radius 2 is 1.88 bits per heavy atom. The Balaban J connectivity index is 1.90. The van der Waals surface area contributed by atoms with E-state index in [1.54, 1.807) is 17.0 Å². The third-order valence-electron chi connectivity index (χ3n) is 3.92. The van der Waals surface area contributed by atoms with Gasteiger partial charge >= 0.3 is 0 Å². The molecule has 0 atom stereocenters. The fourth-order valence-electron chi connectivity index (χ4n) is 2.47. The molecule has 4 nitrogen and oxygen atoms in total. The lowest BCUT2D eigenvalue weighted by molar-refractivity contribution is 0.936. The molecule has 122 valence electrons. The van der Waals surface area contributed by atoms with Crippen molar-refractivity contribution in [3.63, 3.8) is 0 Å². The number of hydrogen-bond acceptors (Lipinski definition) is 3. The maximum Gasteiger partial charge on any atom is 0.297 e. The summed E-state index contributed by atoms with van der Waals surface area (Å²) in [5.74, 6) is 0.317. The van der Waals surface area contributed by atoms with Crippen molar-refractivity contribution >= 4 is 17.4 Å². The maximum atomic E-state index is 12.7. The molecule has 1 N–H and O–H groups in total. The highest BCUT2D eigenvalue weighted by molar-refractivity contribution is 6.31. The van der Waals surface area contributed by atoms with E-state index in [-0.39, 0.29) is 5.56 Å². The zero-order chi connectivity index (χ0) is 17.1. The molecule has 0 aliphatic rings. The van der Waals surface area contributed by atoms with Crippen LogP contribution in [0.15, 0.2) is 59.7 Å². The molecular formula is C19H18ClN3O. The minimum atomic E-state index is -0.199. The van der Waals surface area contributed by atoms with Crippen molar-refractivity contribution < 1.29 is 0 Å². The molecule has 0 saturated heterocycles. The second-order valence-corrected chi connectivity index (χ2v) is 6.08. The summed E-state index contributed by atoms with van der Waals surface area (Å²) in [6.45, 7) is 4.48. The van der Waals surface area contributed by atoms with Crippen molar-refractivity contribution in [1.82, 2.24) is 9.55 Å². The van der Waals surface area contributed by atoms with Crippen LogP contribution >= 0.6 is 11.6 Å². The van der Waals surface area contributed by atoms with Gasteiger partial charge in [0.25, 0.3) is 5.56 Å². The van der Waals surface area contributed by atoms with Crippen LogP contribution < -0.4 is 10.9 Å².